The summed E-state index contributed by atoms with van der Waals surface area (Å²) in [5.74, 6) is 2.22. The molecule has 94 valence electrons. The Hall–Kier alpha value is -0.450. The highest BCUT2D eigenvalue weighted by atomic mass is 35.5. The van der Waals surface area contributed by atoms with Crippen molar-refractivity contribution in [2.75, 3.05) is 30.8 Å². The van der Waals surface area contributed by atoms with Gasteiger partial charge in [-0.1, -0.05) is 18.5 Å². The van der Waals surface area contributed by atoms with Gasteiger partial charge in [0.05, 0.1) is 5.02 Å². The van der Waals surface area contributed by atoms with E-state index in [9.17, 15) is 0 Å². The number of anilines is 1. The normalized spacial score (nSPS) is 20.6. The van der Waals surface area contributed by atoms with Crippen LogP contribution in [0, 0.1) is 0 Å². The largest absolute Gasteiger partial charge is 0.355 e. The summed E-state index contributed by atoms with van der Waals surface area (Å²) in [6.45, 7) is 5.19. The van der Waals surface area contributed by atoms with E-state index in [0.29, 0.717) is 5.25 Å². The highest BCUT2D eigenvalue weighted by Crippen LogP contribution is 2.25. The maximum absolute atomic E-state index is 6.12. The molecule has 0 bridgehead atoms. The molecule has 1 unspecified atom stereocenters. The molecule has 0 aromatic carbocycles. The number of aromatic nitrogens is 1. The van der Waals surface area contributed by atoms with Crippen LogP contribution in [0.15, 0.2) is 12.3 Å². The molecule has 1 fully saturated rings. The molecule has 5 heteroatoms. The predicted molar refractivity (Wildman–Crippen MR) is 76.1 cm³/mol. The van der Waals surface area contributed by atoms with Crippen LogP contribution >= 0.6 is 23.4 Å². The van der Waals surface area contributed by atoms with Gasteiger partial charge in [-0.25, -0.2) is 4.98 Å². The Morgan fingerprint density at radius 2 is 2.47 bits per heavy atom. The zero-order valence-corrected chi connectivity index (χ0v) is 11.8. The first-order valence-electron chi connectivity index (χ1n) is 5.86. The standard InChI is InChI=1S/C12H18ClN3S/c1-9-8-16(3-4-17-9)12-5-10(6-14-2)11(13)7-15-12/h5,7,9,14H,3-4,6,8H2,1-2H3. The maximum atomic E-state index is 6.12. The average molecular weight is 272 g/mol. The first-order chi connectivity index (χ1) is 8.20. The maximum Gasteiger partial charge on any atom is 0.128 e. The third-order valence-corrected chi connectivity index (χ3v) is 4.33. The summed E-state index contributed by atoms with van der Waals surface area (Å²) in [5.41, 5.74) is 1.12. The molecule has 1 atom stereocenters. The molecule has 17 heavy (non-hydrogen) atoms. The van der Waals surface area contributed by atoms with E-state index < -0.39 is 0 Å². The molecule has 2 rings (SSSR count). The summed E-state index contributed by atoms with van der Waals surface area (Å²) < 4.78 is 0. The first-order valence-corrected chi connectivity index (χ1v) is 7.29. The lowest BCUT2D eigenvalue weighted by Gasteiger charge is -2.31. The van der Waals surface area contributed by atoms with Crippen LogP contribution < -0.4 is 10.2 Å². The van der Waals surface area contributed by atoms with Gasteiger partial charge in [0.2, 0.25) is 0 Å². The zero-order chi connectivity index (χ0) is 12.3. The summed E-state index contributed by atoms with van der Waals surface area (Å²) >= 11 is 8.14. The van der Waals surface area contributed by atoms with E-state index in [1.165, 1.54) is 5.75 Å². The van der Waals surface area contributed by atoms with Crippen LogP contribution in [0.4, 0.5) is 5.82 Å². The van der Waals surface area contributed by atoms with Crippen LogP contribution in [0.1, 0.15) is 12.5 Å². The summed E-state index contributed by atoms with van der Waals surface area (Å²) in [6.07, 6.45) is 1.76. The van der Waals surface area contributed by atoms with Crippen molar-refractivity contribution >= 4 is 29.2 Å². The highest BCUT2D eigenvalue weighted by molar-refractivity contribution is 8.00. The zero-order valence-electron chi connectivity index (χ0n) is 10.2. The molecular formula is C12H18ClN3S. The van der Waals surface area contributed by atoms with Crippen LogP contribution in [0.25, 0.3) is 0 Å². The van der Waals surface area contributed by atoms with Crippen molar-refractivity contribution in [3.05, 3.63) is 22.8 Å². The number of halogens is 1. The van der Waals surface area contributed by atoms with Gasteiger partial charge in [-0.2, -0.15) is 11.8 Å². The van der Waals surface area contributed by atoms with Gasteiger partial charge in [0, 0.05) is 36.8 Å². The van der Waals surface area contributed by atoms with Gasteiger partial charge in [0.15, 0.2) is 0 Å². The Morgan fingerprint density at radius 3 is 3.18 bits per heavy atom. The lowest BCUT2D eigenvalue weighted by atomic mass is 10.2. The molecule has 1 aliphatic rings. The van der Waals surface area contributed by atoms with Gasteiger partial charge < -0.3 is 10.2 Å². The Balaban J connectivity index is 2.17. The molecule has 1 aromatic rings. The van der Waals surface area contributed by atoms with E-state index in [1.807, 2.05) is 18.8 Å². The number of nitrogens with zero attached hydrogens (tertiary/aromatic N) is 2. The second kappa shape index (κ2) is 5.94. The van der Waals surface area contributed by atoms with E-state index in [1.54, 1.807) is 6.20 Å². The molecule has 3 nitrogen and oxygen atoms in total. The van der Waals surface area contributed by atoms with Crippen molar-refractivity contribution in [2.24, 2.45) is 0 Å². The minimum Gasteiger partial charge on any atom is -0.355 e. The molecule has 0 spiro atoms. The number of rotatable bonds is 3. The van der Waals surface area contributed by atoms with Gasteiger partial charge >= 0.3 is 0 Å². The van der Waals surface area contributed by atoms with Crippen molar-refractivity contribution in [2.45, 2.75) is 18.7 Å². The van der Waals surface area contributed by atoms with Crippen molar-refractivity contribution < 1.29 is 0 Å². The Bertz CT molecular complexity index is 386. The van der Waals surface area contributed by atoms with Gasteiger partial charge in [-0.15, -0.1) is 0 Å². The number of thioether (sulfide) groups is 1. The van der Waals surface area contributed by atoms with Crippen molar-refractivity contribution in [1.82, 2.24) is 10.3 Å². The average Bonchev–Trinajstić information content (AvgIpc) is 2.32. The van der Waals surface area contributed by atoms with Crippen molar-refractivity contribution in [1.29, 1.82) is 0 Å². The SMILES string of the molecule is CNCc1cc(N2CCSC(C)C2)ncc1Cl. The first kappa shape index (κ1) is 13.0. The quantitative estimate of drug-likeness (QED) is 0.914. The third kappa shape index (κ3) is 3.27. The molecule has 0 aliphatic carbocycles. The molecule has 1 aromatic heterocycles. The van der Waals surface area contributed by atoms with Crippen LogP contribution in [-0.4, -0.2) is 36.1 Å². The monoisotopic (exact) mass is 271 g/mol. The lowest BCUT2D eigenvalue weighted by molar-refractivity contribution is 0.764. The Labute approximate surface area is 112 Å². The van der Waals surface area contributed by atoms with Gasteiger partial charge in [-0.3, -0.25) is 0 Å². The molecule has 0 saturated carbocycles. The number of hydrogen-bond donors (Lipinski definition) is 1. The predicted octanol–water partition coefficient (Wildman–Crippen LogP) is 2.40. The van der Waals surface area contributed by atoms with Crippen LogP contribution in [-0.2, 0) is 6.54 Å². The fourth-order valence-electron chi connectivity index (χ4n) is 1.99. The second-order valence-corrected chi connectivity index (χ2v) is 6.25. The smallest absolute Gasteiger partial charge is 0.128 e. The summed E-state index contributed by atoms with van der Waals surface area (Å²) in [6, 6.07) is 2.10. The highest BCUT2D eigenvalue weighted by Gasteiger charge is 2.18. The van der Waals surface area contributed by atoms with Gasteiger partial charge in [-0.05, 0) is 18.7 Å². The number of hydrogen-bond acceptors (Lipinski definition) is 4. The Kier molecular flexibility index (Phi) is 4.54. The summed E-state index contributed by atoms with van der Waals surface area (Å²) in [7, 11) is 1.93. The van der Waals surface area contributed by atoms with Crippen LogP contribution in [0.2, 0.25) is 5.02 Å². The molecule has 1 N–H and O–H groups in total. The van der Waals surface area contributed by atoms with Gasteiger partial charge in [0.25, 0.3) is 0 Å². The van der Waals surface area contributed by atoms with E-state index in [2.05, 4.69) is 28.2 Å². The van der Waals surface area contributed by atoms with E-state index in [4.69, 9.17) is 11.6 Å². The van der Waals surface area contributed by atoms with Crippen molar-refractivity contribution in [3.63, 3.8) is 0 Å². The molecular weight excluding hydrogens is 254 g/mol. The van der Waals surface area contributed by atoms with E-state index in [-0.39, 0.29) is 0 Å². The summed E-state index contributed by atoms with van der Waals surface area (Å²) in [5, 5.41) is 4.54. The van der Waals surface area contributed by atoms with E-state index in [0.717, 1.165) is 36.0 Å². The molecule has 2 heterocycles. The molecule has 0 radical (unpaired) electrons. The fraction of sp³-hybridized carbons (Fsp3) is 0.583. The third-order valence-electron chi connectivity index (χ3n) is 2.85. The van der Waals surface area contributed by atoms with E-state index >= 15 is 0 Å². The fourth-order valence-corrected chi connectivity index (χ4v) is 3.18. The number of nitrogens with one attached hydrogen (secondary N) is 1. The minimum absolute atomic E-state index is 0.675. The minimum atomic E-state index is 0.675. The summed E-state index contributed by atoms with van der Waals surface area (Å²) in [4.78, 5) is 6.78. The lowest BCUT2D eigenvalue weighted by Crippen LogP contribution is -2.37. The molecule has 1 aliphatic heterocycles. The van der Waals surface area contributed by atoms with Crippen molar-refractivity contribution in [3.8, 4) is 0 Å². The topological polar surface area (TPSA) is 28.2 Å². The van der Waals surface area contributed by atoms with Crippen LogP contribution in [0.5, 0.6) is 0 Å². The Morgan fingerprint density at radius 1 is 1.65 bits per heavy atom. The van der Waals surface area contributed by atoms with Gasteiger partial charge in [0.1, 0.15) is 5.82 Å². The number of pyridine rings is 1. The second-order valence-electron chi connectivity index (χ2n) is 4.29. The van der Waals surface area contributed by atoms with Crippen LogP contribution in [0.3, 0.4) is 0 Å². The molecule has 0 amide bonds. The molecule has 1 saturated heterocycles.